The molecule has 0 radical (unpaired) electrons. The summed E-state index contributed by atoms with van der Waals surface area (Å²) >= 11 is 0. The highest BCUT2D eigenvalue weighted by Crippen LogP contribution is 2.67. The molecule has 1 aliphatic heterocycles. The van der Waals surface area contributed by atoms with Crippen LogP contribution in [0.5, 0.6) is 0 Å². The summed E-state index contributed by atoms with van der Waals surface area (Å²) in [7, 11) is -0.992. The molecule has 1 heterocycles. The van der Waals surface area contributed by atoms with E-state index in [4.69, 9.17) is 0 Å². The summed E-state index contributed by atoms with van der Waals surface area (Å²) in [5, 5.41) is 0. The van der Waals surface area contributed by atoms with E-state index in [1.54, 1.807) is 0 Å². The third-order valence-corrected chi connectivity index (χ3v) is 12.1. The summed E-state index contributed by atoms with van der Waals surface area (Å²) < 4.78 is 0. The van der Waals surface area contributed by atoms with Gasteiger partial charge in [0, 0.05) is 26.9 Å². The fraction of sp³-hybridized carbons (Fsp3) is 0.0455. The van der Waals surface area contributed by atoms with Gasteiger partial charge in [-0.25, -0.2) is 0 Å². The molecule has 2 heteroatoms. The fourth-order valence-corrected chi connectivity index (χ4v) is 9.25. The van der Waals surface area contributed by atoms with Crippen LogP contribution in [-0.4, -0.2) is 12.5 Å². The summed E-state index contributed by atoms with van der Waals surface area (Å²) in [5.74, 6) is 0. The quantitative estimate of drug-likeness (QED) is 0.181. The van der Waals surface area contributed by atoms with Gasteiger partial charge in [0.05, 0.1) is 0 Å². The van der Waals surface area contributed by atoms with Gasteiger partial charge in [0.2, 0.25) is 0 Å². The van der Waals surface area contributed by atoms with Crippen LogP contribution in [0.4, 0.5) is 17.1 Å². The van der Waals surface area contributed by atoms with Crippen molar-refractivity contribution in [1.29, 1.82) is 0 Å². The zero-order chi connectivity index (χ0) is 31.1. The van der Waals surface area contributed by atoms with Crippen LogP contribution in [0, 0.1) is 0 Å². The second kappa shape index (κ2) is 11.6. The summed E-state index contributed by atoms with van der Waals surface area (Å²) in [5.41, 5.74) is 13.5. The van der Waals surface area contributed by atoms with E-state index in [9.17, 15) is 0 Å². The number of hydrogen-bond donors (Lipinski definition) is 0. The molecule has 0 bridgehead atoms. The van der Waals surface area contributed by atoms with Crippen molar-refractivity contribution >= 4 is 27.1 Å². The van der Waals surface area contributed by atoms with Gasteiger partial charge in [0.1, 0.15) is 0 Å². The third kappa shape index (κ3) is 5.01. The van der Waals surface area contributed by atoms with E-state index in [1.165, 1.54) is 54.3 Å². The third-order valence-electron chi connectivity index (χ3n) is 9.18. The molecule has 0 unspecified atom stereocenters. The van der Waals surface area contributed by atoms with Crippen LogP contribution in [-0.2, 0) is 0 Å². The Bertz CT molecular complexity index is 2050. The average Bonchev–Trinajstić information content (AvgIpc) is 3.36. The fourth-order valence-electron chi connectivity index (χ4n) is 6.73. The summed E-state index contributed by atoms with van der Waals surface area (Å²) in [6, 6.07) is 63.9. The SMILES string of the molecule is CS1(C)c2ccccc2-c2cc(-c3ccc(N(c4ccc(-c5ccccc5)cc4)c4ccc(-c5ccccc5)cc4)cc3)ccc21. The van der Waals surface area contributed by atoms with Gasteiger partial charge in [-0.1, -0.05) is 121 Å². The van der Waals surface area contributed by atoms with Gasteiger partial charge in [-0.05, 0) is 112 Å². The zero-order valence-corrected chi connectivity index (χ0v) is 26.9. The van der Waals surface area contributed by atoms with Crippen LogP contribution in [0.2, 0.25) is 0 Å². The van der Waals surface area contributed by atoms with Gasteiger partial charge in [-0.15, -0.1) is 0 Å². The van der Waals surface area contributed by atoms with Crippen molar-refractivity contribution in [3.05, 3.63) is 176 Å². The lowest BCUT2D eigenvalue weighted by Crippen LogP contribution is -2.09. The van der Waals surface area contributed by atoms with Crippen molar-refractivity contribution in [3.63, 3.8) is 0 Å². The molecule has 0 amide bonds. The first kappa shape index (κ1) is 28.2. The van der Waals surface area contributed by atoms with Crippen molar-refractivity contribution in [2.75, 3.05) is 17.4 Å². The van der Waals surface area contributed by atoms with Crippen LogP contribution >= 0.6 is 10.0 Å². The standard InChI is InChI=1S/C44H35NS/c1-46(2)43-16-10-9-15-41(43)42-31-37(23-30-44(42)46)36-21-28-40(29-22-36)45(38-24-17-34(18-25-38)32-11-5-3-6-12-32)39-26-19-35(20-27-39)33-13-7-4-8-14-33/h3-31H,1-2H3. The van der Waals surface area contributed by atoms with E-state index in [1.807, 2.05) is 0 Å². The minimum absolute atomic E-state index is 0.992. The Morgan fingerprint density at radius 3 is 1.20 bits per heavy atom. The van der Waals surface area contributed by atoms with Gasteiger partial charge >= 0.3 is 0 Å². The first-order chi connectivity index (χ1) is 22.6. The molecule has 1 aliphatic rings. The largest absolute Gasteiger partial charge is 0.311 e. The smallest absolute Gasteiger partial charge is 0.0462 e. The molecule has 0 aromatic heterocycles. The minimum atomic E-state index is -0.992. The Hall–Kier alpha value is -5.31. The molecule has 8 rings (SSSR count). The van der Waals surface area contributed by atoms with Crippen molar-refractivity contribution in [1.82, 2.24) is 0 Å². The van der Waals surface area contributed by atoms with E-state index in [0.717, 1.165) is 17.1 Å². The van der Waals surface area contributed by atoms with E-state index in [2.05, 4.69) is 193 Å². The van der Waals surface area contributed by atoms with Gasteiger partial charge in [-0.3, -0.25) is 0 Å². The van der Waals surface area contributed by atoms with Crippen molar-refractivity contribution < 1.29 is 0 Å². The monoisotopic (exact) mass is 609 g/mol. The predicted molar refractivity (Wildman–Crippen MR) is 199 cm³/mol. The number of fused-ring (bicyclic) bond motifs is 3. The highest BCUT2D eigenvalue weighted by atomic mass is 32.3. The number of anilines is 3. The molecule has 0 saturated carbocycles. The second-order valence-electron chi connectivity index (χ2n) is 12.2. The van der Waals surface area contributed by atoms with Gasteiger partial charge in [0.25, 0.3) is 0 Å². The van der Waals surface area contributed by atoms with Crippen molar-refractivity contribution in [2.24, 2.45) is 0 Å². The predicted octanol–water partition coefficient (Wildman–Crippen LogP) is 12.6. The maximum Gasteiger partial charge on any atom is 0.0462 e. The molecule has 222 valence electrons. The van der Waals surface area contributed by atoms with Gasteiger partial charge in [-0.2, -0.15) is 10.0 Å². The molecule has 0 saturated heterocycles. The molecular weight excluding hydrogens is 575 g/mol. The Kier molecular flexibility index (Phi) is 7.08. The number of benzene rings is 7. The molecule has 0 spiro atoms. The van der Waals surface area contributed by atoms with E-state index >= 15 is 0 Å². The van der Waals surface area contributed by atoms with Gasteiger partial charge in [0.15, 0.2) is 0 Å². The van der Waals surface area contributed by atoms with Crippen molar-refractivity contribution in [2.45, 2.75) is 9.79 Å². The number of nitrogens with zero attached hydrogens (tertiary/aromatic N) is 1. The molecule has 0 atom stereocenters. The lowest BCUT2D eigenvalue weighted by molar-refractivity contribution is 1.28. The van der Waals surface area contributed by atoms with Crippen LogP contribution in [0.15, 0.2) is 186 Å². The number of rotatable bonds is 6. The Morgan fingerprint density at radius 2 is 0.696 bits per heavy atom. The highest BCUT2D eigenvalue weighted by molar-refractivity contribution is 8.33. The molecule has 0 fully saturated rings. The molecule has 0 N–H and O–H groups in total. The average molecular weight is 610 g/mol. The maximum absolute atomic E-state index is 2.42. The molecular formula is C44H35NS. The highest BCUT2D eigenvalue weighted by Gasteiger charge is 2.31. The summed E-state index contributed by atoms with van der Waals surface area (Å²) in [6.07, 6.45) is 4.83. The van der Waals surface area contributed by atoms with E-state index in [-0.39, 0.29) is 0 Å². The zero-order valence-electron chi connectivity index (χ0n) is 26.1. The normalized spacial score (nSPS) is 13.4. The first-order valence-corrected chi connectivity index (χ1v) is 18.2. The molecule has 1 nitrogen and oxygen atoms in total. The number of hydrogen-bond acceptors (Lipinski definition) is 1. The van der Waals surface area contributed by atoms with E-state index in [0.29, 0.717) is 0 Å². The Balaban J connectivity index is 1.16. The topological polar surface area (TPSA) is 3.24 Å². The second-order valence-corrected chi connectivity index (χ2v) is 15.8. The lowest BCUT2D eigenvalue weighted by Gasteiger charge is -2.28. The molecule has 46 heavy (non-hydrogen) atoms. The minimum Gasteiger partial charge on any atom is -0.311 e. The lowest BCUT2D eigenvalue weighted by atomic mass is 9.98. The summed E-state index contributed by atoms with van der Waals surface area (Å²) in [4.78, 5) is 5.32. The van der Waals surface area contributed by atoms with E-state index < -0.39 is 10.0 Å². The van der Waals surface area contributed by atoms with Crippen molar-refractivity contribution in [3.8, 4) is 44.5 Å². The molecule has 7 aromatic carbocycles. The van der Waals surface area contributed by atoms with Crippen LogP contribution in [0.3, 0.4) is 0 Å². The van der Waals surface area contributed by atoms with Gasteiger partial charge < -0.3 is 4.90 Å². The molecule has 0 aliphatic carbocycles. The first-order valence-electron chi connectivity index (χ1n) is 15.7. The maximum atomic E-state index is 2.42. The molecule has 7 aromatic rings. The van der Waals surface area contributed by atoms with Crippen LogP contribution in [0.25, 0.3) is 44.5 Å². The Labute approximate surface area is 273 Å². The Morgan fingerprint density at radius 1 is 0.326 bits per heavy atom. The van der Waals surface area contributed by atoms with Crippen LogP contribution in [0.1, 0.15) is 0 Å². The van der Waals surface area contributed by atoms with Crippen LogP contribution < -0.4 is 4.90 Å². The summed E-state index contributed by atoms with van der Waals surface area (Å²) in [6.45, 7) is 0.